The number of unbranched alkanes of at least 4 members (excludes halogenated alkanes) is 2. The third kappa shape index (κ3) is 3.48. The van der Waals surface area contributed by atoms with Gasteiger partial charge in [-0.25, -0.2) is 0 Å². The van der Waals surface area contributed by atoms with E-state index in [1.54, 1.807) is 0 Å². The van der Waals surface area contributed by atoms with Crippen LogP contribution >= 0.6 is 0 Å². The lowest BCUT2D eigenvalue weighted by molar-refractivity contribution is 0.257. The van der Waals surface area contributed by atoms with Crippen LogP contribution in [0.2, 0.25) is 0 Å². The average molecular weight is 250 g/mol. The van der Waals surface area contributed by atoms with Crippen molar-refractivity contribution in [3.63, 3.8) is 0 Å². The third-order valence-corrected chi connectivity index (χ3v) is 5.34. The smallest absolute Gasteiger partial charge is 0.00682 e. The van der Waals surface area contributed by atoms with Crippen LogP contribution in [0.15, 0.2) is 0 Å². The molecule has 0 unspecified atom stereocenters. The summed E-state index contributed by atoms with van der Waals surface area (Å²) in [4.78, 5) is 2.75. The van der Waals surface area contributed by atoms with Gasteiger partial charge >= 0.3 is 0 Å². The van der Waals surface area contributed by atoms with Crippen LogP contribution in [0.1, 0.15) is 64.2 Å². The highest BCUT2D eigenvalue weighted by molar-refractivity contribution is 4.93. The molecule has 2 aliphatic carbocycles. The van der Waals surface area contributed by atoms with Gasteiger partial charge in [-0.2, -0.15) is 0 Å². The van der Waals surface area contributed by atoms with Crippen molar-refractivity contribution < 1.29 is 0 Å². The molecule has 0 aromatic rings. The van der Waals surface area contributed by atoms with E-state index in [0.717, 1.165) is 11.5 Å². The Labute approximate surface area is 113 Å². The third-order valence-electron chi connectivity index (χ3n) is 5.34. The first-order valence-electron chi connectivity index (χ1n) is 8.32. The average Bonchev–Trinajstić information content (AvgIpc) is 2.96. The minimum absolute atomic E-state index is 0.771. The second-order valence-electron chi connectivity index (χ2n) is 7.02. The van der Waals surface area contributed by atoms with Crippen molar-refractivity contribution >= 4 is 0 Å². The fourth-order valence-corrected chi connectivity index (χ4v) is 3.98. The topological polar surface area (TPSA) is 15.3 Å². The molecular weight excluding hydrogens is 220 g/mol. The Morgan fingerprint density at radius 3 is 2.61 bits per heavy atom. The predicted molar refractivity (Wildman–Crippen MR) is 76.8 cm³/mol. The second-order valence-corrected chi connectivity index (χ2v) is 7.02. The molecule has 3 fully saturated rings. The van der Waals surface area contributed by atoms with E-state index in [1.807, 2.05) is 0 Å². The number of nitrogens with zero attached hydrogens (tertiary/aromatic N) is 1. The summed E-state index contributed by atoms with van der Waals surface area (Å²) in [7, 11) is 0. The van der Waals surface area contributed by atoms with Crippen LogP contribution in [-0.2, 0) is 0 Å². The first-order chi connectivity index (χ1) is 8.86. The van der Waals surface area contributed by atoms with Crippen LogP contribution in [0.3, 0.4) is 0 Å². The van der Waals surface area contributed by atoms with Crippen molar-refractivity contribution in [2.24, 2.45) is 5.41 Å². The maximum absolute atomic E-state index is 3.61. The molecule has 1 N–H and O–H groups in total. The highest BCUT2D eigenvalue weighted by Crippen LogP contribution is 2.45. The summed E-state index contributed by atoms with van der Waals surface area (Å²) in [6.07, 6.45) is 14.6. The standard InChI is InChI=1S/C16H30N2/c1(4-11-17-15-6-7-15)5-12-18-13-10-16(14-18)8-2-3-9-16/h15,17H,1-14H2. The molecule has 18 heavy (non-hydrogen) atoms. The highest BCUT2D eigenvalue weighted by atomic mass is 15.2. The Bertz CT molecular complexity index is 254. The fraction of sp³-hybridized carbons (Fsp3) is 1.00. The Kier molecular flexibility index (Phi) is 4.25. The van der Waals surface area contributed by atoms with Crippen LogP contribution in [0.25, 0.3) is 0 Å². The summed E-state index contributed by atoms with van der Waals surface area (Å²) in [5.41, 5.74) is 0.771. The molecule has 0 amide bonds. The number of hydrogen-bond acceptors (Lipinski definition) is 2. The number of nitrogens with one attached hydrogen (secondary N) is 1. The lowest BCUT2D eigenvalue weighted by Gasteiger charge is -2.23. The molecule has 0 bridgehead atoms. The maximum atomic E-state index is 3.61. The Balaban J connectivity index is 1.23. The van der Waals surface area contributed by atoms with E-state index in [0.29, 0.717) is 0 Å². The van der Waals surface area contributed by atoms with Crippen LogP contribution in [0, 0.1) is 5.41 Å². The van der Waals surface area contributed by atoms with Gasteiger partial charge in [0.15, 0.2) is 0 Å². The summed E-state index contributed by atoms with van der Waals surface area (Å²) in [6.45, 7) is 5.44. The SMILES string of the molecule is C(CCNC1CC1)CCN1CCC2(CCCC2)C1. The number of hydrogen-bond donors (Lipinski definition) is 1. The van der Waals surface area contributed by atoms with Gasteiger partial charge in [0.1, 0.15) is 0 Å². The van der Waals surface area contributed by atoms with Crippen molar-refractivity contribution in [3.8, 4) is 0 Å². The summed E-state index contributed by atoms with van der Waals surface area (Å²) in [5, 5.41) is 3.61. The molecule has 1 heterocycles. The molecule has 0 aromatic heterocycles. The molecule has 1 spiro atoms. The van der Waals surface area contributed by atoms with Gasteiger partial charge in [-0.3, -0.25) is 0 Å². The van der Waals surface area contributed by atoms with E-state index in [-0.39, 0.29) is 0 Å². The molecule has 3 rings (SSSR count). The van der Waals surface area contributed by atoms with Crippen molar-refractivity contribution in [2.75, 3.05) is 26.2 Å². The number of rotatable bonds is 7. The molecule has 104 valence electrons. The van der Waals surface area contributed by atoms with Gasteiger partial charge in [0.2, 0.25) is 0 Å². The Morgan fingerprint density at radius 2 is 1.83 bits per heavy atom. The summed E-state index contributed by atoms with van der Waals surface area (Å²) < 4.78 is 0. The zero-order valence-corrected chi connectivity index (χ0v) is 11.9. The fourth-order valence-electron chi connectivity index (χ4n) is 3.98. The van der Waals surface area contributed by atoms with Crippen LogP contribution in [0.4, 0.5) is 0 Å². The molecule has 0 radical (unpaired) electrons. The first-order valence-corrected chi connectivity index (χ1v) is 8.32. The summed E-state index contributed by atoms with van der Waals surface area (Å²) in [6, 6.07) is 0.894. The normalized spacial score (nSPS) is 27.3. The minimum atomic E-state index is 0.771. The van der Waals surface area contributed by atoms with Gasteiger partial charge in [-0.1, -0.05) is 19.3 Å². The van der Waals surface area contributed by atoms with E-state index in [4.69, 9.17) is 0 Å². The van der Waals surface area contributed by atoms with Crippen molar-refractivity contribution in [3.05, 3.63) is 0 Å². The molecule has 0 aromatic carbocycles. The van der Waals surface area contributed by atoms with Gasteiger partial charge in [0.25, 0.3) is 0 Å². The molecule has 0 atom stereocenters. The highest BCUT2D eigenvalue weighted by Gasteiger charge is 2.39. The molecule has 3 aliphatic rings. The molecule has 2 nitrogen and oxygen atoms in total. The zero-order chi connectivity index (χ0) is 12.3. The van der Waals surface area contributed by atoms with Gasteiger partial charge < -0.3 is 10.2 Å². The van der Waals surface area contributed by atoms with Crippen molar-refractivity contribution in [1.82, 2.24) is 10.2 Å². The van der Waals surface area contributed by atoms with E-state index in [9.17, 15) is 0 Å². The van der Waals surface area contributed by atoms with Crippen molar-refractivity contribution in [2.45, 2.75) is 70.3 Å². The lowest BCUT2D eigenvalue weighted by Crippen LogP contribution is -2.26. The molecule has 2 saturated carbocycles. The molecule has 2 heteroatoms. The Morgan fingerprint density at radius 1 is 1.00 bits per heavy atom. The Hall–Kier alpha value is -0.0800. The van der Waals surface area contributed by atoms with Gasteiger partial charge in [-0.05, 0) is 70.0 Å². The van der Waals surface area contributed by atoms with Gasteiger partial charge in [0.05, 0.1) is 0 Å². The minimum Gasteiger partial charge on any atom is -0.314 e. The van der Waals surface area contributed by atoms with E-state index in [2.05, 4.69) is 10.2 Å². The molecule has 1 aliphatic heterocycles. The summed E-state index contributed by atoms with van der Waals surface area (Å²) in [5.74, 6) is 0. The van der Waals surface area contributed by atoms with Crippen molar-refractivity contribution in [1.29, 1.82) is 0 Å². The predicted octanol–water partition coefficient (Wildman–Crippen LogP) is 3.17. The van der Waals surface area contributed by atoms with Crippen LogP contribution in [0.5, 0.6) is 0 Å². The first kappa shape index (κ1) is 12.9. The molecule has 1 saturated heterocycles. The van der Waals surface area contributed by atoms with E-state index < -0.39 is 0 Å². The molecular formula is C16H30N2. The van der Waals surface area contributed by atoms with Gasteiger partial charge in [0, 0.05) is 12.6 Å². The second kappa shape index (κ2) is 5.92. The van der Waals surface area contributed by atoms with Crippen LogP contribution < -0.4 is 5.32 Å². The maximum Gasteiger partial charge on any atom is 0.00682 e. The quantitative estimate of drug-likeness (QED) is 0.698. The largest absolute Gasteiger partial charge is 0.314 e. The van der Waals surface area contributed by atoms with E-state index >= 15 is 0 Å². The number of likely N-dealkylation sites (tertiary alicyclic amines) is 1. The lowest BCUT2D eigenvalue weighted by atomic mass is 9.86. The van der Waals surface area contributed by atoms with E-state index in [1.165, 1.54) is 90.4 Å². The van der Waals surface area contributed by atoms with Gasteiger partial charge in [-0.15, -0.1) is 0 Å². The summed E-state index contributed by atoms with van der Waals surface area (Å²) >= 11 is 0. The zero-order valence-electron chi connectivity index (χ0n) is 11.9. The van der Waals surface area contributed by atoms with Crippen LogP contribution in [-0.4, -0.2) is 37.1 Å². The monoisotopic (exact) mass is 250 g/mol.